The van der Waals surface area contributed by atoms with E-state index in [-0.39, 0.29) is 36.4 Å². The summed E-state index contributed by atoms with van der Waals surface area (Å²) in [7, 11) is 0. The fraction of sp³-hybridized carbons (Fsp3) is 0.619. The third kappa shape index (κ3) is 5.84. The van der Waals surface area contributed by atoms with Gasteiger partial charge in [0.05, 0.1) is 13.1 Å². The fourth-order valence-corrected chi connectivity index (χ4v) is 3.79. The molecule has 5 heteroatoms. The quantitative estimate of drug-likeness (QED) is 0.712. The van der Waals surface area contributed by atoms with E-state index in [2.05, 4.69) is 34.9 Å². The third-order valence-corrected chi connectivity index (χ3v) is 5.20. The number of carbonyl (C=O) groups is 2. The summed E-state index contributed by atoms with van der Waals surface area (Å²) in [4.78, 5) is 26.3. The van der Waals surface area contributed by atoms with Gasteiger partial charge in [0.2, 0.25) is 11.8 Å². The van der Waals surface area contributed by atoms with Crippen LogP contribution in [0.4, 0.5) is 0 Å². The van der Waals surface area contributed by atoms with E-state index in [1.54, 1.807) is 0 Å². The van der Waals surface area contributed by atoms with E-state index in [0.29, 0.717) is 13.1 Å². The van der Waals surface area contributed by atoms with Crippen LogP contribution in [0.25, 0.3) is 0 Å². The molecule has 2 rings (SSSR count). The maximum Gasteiger partial charge on any atom is 0.234 e. The molecule has 0 aliphatic heterocycles. The molecule has 1 aliphatic rings. The van der Waals surface area contributed by atoms with Crippen molar-refractivity contribution < 1.29 is 9.59 Å². The Bertz CT molecular complexity index is 580. The summed E-state index contributed by atoms with van der Waals surface area (Å²) < 4.78 is 0. The van der Waals surface area contributed by atoms with Gasteiger partial charge in [-0.15, -0.1) is 0 Å². The van der Waals surface area contributed by atoms with Crippen LogP contribution in [-0.4, -0.2) is 48.9 Å². The van der Waals surface area contributed by atoms with Crippen molar-refractivity contribution in [3.63, 3.8) is 0 Å². The van der Waals surface area contributed by atoms with Crippen LogP contribution < -0.4 is 10.6 Å². The molecule has 0 heterocycles. The van der Waals surface area contributed by atoms with Crippen molar-refractivity contribution in [1.82, 2.24) is 15.5 Å². The summed E-state index contributed by atoms with van der Waals surface area (Å²) in [6, 6.07) is 10.6. The van der Waals surface area contributed by atoms with Gasteiger partial charge in [-0.2, -0.15) is 0 Å². The van der Waals surface area contributed by atoms with Crippen LogP contribution in [0.15, 0.2) is 30.3 Å². The van der Waals surface area contributed by atoms with E-state index in [1.165, 1.54) is 18.4 Å². The second-order valence-electron chi connectivity index (χ2n) is 7.66. The highest BCUT2D eigenvalue weighted by Gasteiger charge is 2.35. The minimum Gasteiger partial charge on any atom is -0.354 e. The first kappa shape index (κ1) is 20.4. The van der Waals surface area contributed by atoms with Crippen LogP contribution >= 0.6 is 0 Å². The first-order chi connectivity index (χ1) is 12.4. The van der Waals surface area contributed by atoms with E-state index in [9.17, 15) is 9.59 Å². The Morgan fingerprint density at radius 2 is 1.69 bits per heavy atom. The maximum atomic E-state index is 12.5. The number of hydrogen-bond acceptors (Lipinski definition) is 3. The molecule has 0 unspecified atom stereocenters. The largest absolute Gasteiger partial charge is 0.354 e. The Morgan fingerprint density at radius 1 is 1.08 bits per heavy atom. The third-order valence-electron chi connectivity index (χ3n) is 5.20. The summed E-state index contributed by atoms with van der Waals surface area (Å²) >= 11 is 0. The van der Waals surface area contributed by atoms with E-state index >= 15 is 0 Å². The highest BCUT2D eigenvalue weighted by Crippen LogP contribution is 2.40. The van der Waals surface area contributed by atoms with Crippen molar-refractivity contribution in [2.24, 2.45) is 0 Å². The zero-order chi connectivity index (χ0) is 19.0. The molecular weight excluding hydrogens is 326 g/mol. The zero-order valence-electron chi connectivity index (χ0n) is 16.4. The second kappa shape index (κ2) is 9.72. The molecular formula is C21H33N3O2. The first-order valence-electron chi connectivity index (χ1n) is 9.79. The summed E-state index contributed by atoms with van der Waals surface area (Å²) in [6.07, 6.45) is 4.65. The number of carbonyl (C=O) groups excluding carboxylic acids is 2. The van der Waals surface area contributed by atoms with Crippen molar-refractivity contribution in [3.05, 3.63) is 35.9 Å². The van der Waals surface area contributed by atoms with Crippen molar-refractivity contribution in [3.8, 4) is 0 Å². The summed E-state index contributed by atoms with van der Waals surface area (Å²) in [5.74, 6) is -0.0439. The Hall–Kier alpha value is -1.88. The minimum absolute atomic E-state index is 0.00796. The molecule has 0 spiro atoms. The number of nitrogens with zero attached hydrogens (tertiary/aromatic N) is 1. The van der Waals surface area contributed by atoms with E-state index < -0.39 is 0 Å². The molecule has 0 aromatic heterocycles. The predicted molar refractivity (Wildman–Crippen MR) is 105 cm³/mol. The monoisotopic (exact) mass is 359 g/mol. The van der Waals surface area contributed by atoms with Crippen LogP contribution in [0.5, 0.6) is 0 Å². The molecule has 1 aromatic carbocycles. The molecule has 1 aromatic rings. The van der Waals surface area contributed by atoms with Gasteiger partial charge in [0.25, 0.3) is 0 Å². The molecule has 26 heavy (non-hydrogen) atoms. The predicted octanol–water partition coefficient (Wildman–Crippen LogP) is 2.46. The SMILES string of the molecule is CCN(CC(=O)NCC1(c2ccccc2)CCCC1)CC(=O)NC(C)C. The molecule has 2 amide bonds. The van der Waals surface area contributed by atoms with Crippen molar-refractivity contribution in [1.29, 1.82) is 0 Å². The molecule has 0 radical (unpaired) electrons. The molecule has 144 valence electrons. The summed E-state index contributed by atoms with van der Waals surface area (Å²) in [6.45, 7) is 7.70. The van der Waals surface area contributed by atoms with Gasteiger partial charge < -0.3 is 10.6 Å². The number of benzene rings is 1. The van der Waals surface area contributed by atoms with Gasteiger partial charge in [-0.3, -0.25) is 14.5 Å². The van der Waals surface area contributed by atoms with Gasteiger partial charge in [0.15, 0.2) is 0 Å². The highest BCUT2D eigenvalue weighted by molar-refractivity contribution is 5.81. The standard InChI is InChI=1S/C21H33N3O2/c1-4-24(15-20(26)23-17(2)3)14-19(25)22-16-21(12-8-9-13-21)18-10-6-5-7-11-18/h5-7,10-11,17H,4,8-9,12-16H2,1-3H3,(H,22,25)(H,23,26). The minimum atomic E-state index is -0.0359. The second-order valence-corrected chi connectivity index (χ2v) is 7.66. The number of rotatable bonds is 9. The van der Waals surface area contributed by atoms with Crippen LogP contribution in [0, 0.1) is 0 Å². The van der Waals surface area contributed by atoms with Crippen molar-refractivity contribution in [2.45, 2.75) is 57.9 Å². The van der Waals surface area contributed by atoms with Crippen LogP contribution in [-0.2, 0) is 15.0 Å². The number of nitrogens with one attached hydrogen (secondary N) is 2. The first-order valence-corrected chi connectivity index (χ1v) is 9.79. The Labute approximate surface area is 157 Å². The zero-order valence-corrected chi connectivity index (χ0v) is 16.4. The Kier molecular flexibility index (Phi) is 7.64. The van der Waals surface area contributed by atoms with Crippen molar-refractivity contribution in [2.75, 3.05) is 26.2 Å². The normalized spacial score (nSPS) is 16.0. The fourth-order valence-electron chi connectivity index (χ4n) is 3.79. The lowest BCUT2D eigenvalue weighted by Crippen LogP contribution is -2.46. The summed E-state index contributed by atoms with van der Waals surface area (Å²) in [5.41, 5.74) is 1.38. The van der Waals surface area contributed by atoms with Gasteiger partial charge in [0, 0.05) is 18.0 Å². The smallest absolute Gasteiger partial charge is 0.234 e. The molecule has 2 N–H and O–H groups in total. The van der Waals surface area contributed by atoms with Crippen molar-refractivity contribution >= 4 is 11.8 Å². The molecule has 1 saturated carbocycles. The molecule has 0 saturated heterocycles. The lowest BCUT2D eigenvalue weighted by Gasteiger charge is -2.30. The van der Waals surface area contributed by atoms with Gasteiger partial charge in [0.1, 0.15) is 0 Å². The van der Waals surface area contributed by atoms with Gasteiger partial charge in [-0.05, 0) is 38.8 Å². The van der Waals surface area contributed by atoms with Gasteiger partial charge in [-0.1, -0.05) is 50.1 Å². The number of amides is 2. The maximum absolute atomic E-state index is 12.5. The number of likely N-dealkylation sites (N-methyl/N-ethyl adjacent to an activating group) is 1. The molecule has 0 bridgehead atoms. The molecule has 5 nitrogen and oxygen atoms in total. The van der Waals surface area contributed by atoms with Gasteiger partial charge >= 0.3 is 0 Å². The van der Waals surface area contributed by atoms with E-state index in [1.807, 2.05) is 31.7 Å². The van der Waals surface area contributed by atoms with Gasteiger partial charge in [-0.25, -0.2) is 0 Å². The lowest BCUT2D eigenvalue weighted by atomic mass is 9.79. The average molecular weight is 360 g/mol. The van der Waals surface area contributed by atoms with Crippen LogP contribution in [0.1, 0.15) is 52.0 Å². The summed E-state index contributed by atoms with van der Waals surface area (Å²) in [5, 5.41) is 6.00. The van der Waals surface area contributed by atoms with E-state index in [0.717, 1.165) is 12.8 Å². The molecule has 1 fully saturated rings. The van der Waals surface area contributed by atoms with Crippen LogP contribution in [0.2, 0.25) is 0 Å². The van der Waals surface area contributed by atoms with Crippen LogP contribution in [0.3, 0.4) is 0 Å². The topological polar surface area (TPSA) is 61.4 Å². The lowest BCUT2D eigenvalue weighted by molar-refractivity contribution is -0.125. The number of hydrogen-bond donors (Lipinski definition) is 2. The van der Waals surface area contributed by atoms with E-state index in [4.69, 9.17) is 0 Å². The Balaban J connectivity index is 1.89. The molecule has 1 aliphatic carbocycles. The highest BCUT2D eigenvalue weighted by atomic mass is 16.2. The molecule has 0 atom stereocenters. The Morgan fingerprint density at radius 3 is 2.27 bits per heavy atom. The average Bonchev–Trinajstić information content (AvgIpc) is 3.09.